The summed E-state index contributed by atoms with van der Waals surface area (Å²) in [6.45, 7) is -0.224. The number of nitrogens with zero attached hydrogens (tertiary/aromatic N) is 1. The van der Waals surface area contributed by atoms with Crippen LogP contribution in [-0.4, -0.2) is 32.4 Å². The molecule has 0 aliphatic carbocycles. The van der Waals surface area contributed by atoms with Crippen molar-refractivity contribution in [1.82, 2.24) is 5.16 Å². The van der Waals surface area contributed by atoms with Gasteiger partial charge in [-0.25, -0.2) is 8.78 Å². The molecule has 0 radical (unpaired) electrons. The number of primary amides is 1. The van der Waals surface area contributed by atoms with E-state index in [-0.39, 0.29) is 18.1 Å². The molecule has 0 spiro atoms. The minimum Gasteiger partial charge on any atom is -0.493 e. The Balaban J connectivity index is 1.83. The Labute approximate surface area is 170 Å². The van der Waals surface area contributed by atoms with Crippen LogP contribution in [0.1, 0.15) is 16.1 Å². The number of carbonyl (C=O) groups excluding carboxylic acids is 1. The van der Waals surface area contributed by atoms with Crippen LogP contribution in [0.2, 0.25) is 0 Å². The highest BCUT2D eigenvalue weighted by Gasteiger charge is 2.20. The van der Waals surface area contributed by atoms with Gasteiger partial charge in [-0.1, -0.05) is 5.16 Å². The quantitative estimate of drug-likeness (QED) is 0.596. The largest absolute Gasteiger partial charge is 0.493 e. The number of carbonyl (C=O) groups is 1. The molecule has 10 heteroatoms. The Bertz CT molecular complexity index is 1060. The van der Waals surface area contributed by atoms with Gasteiger partial charge in [0.15, 0.2) is 28.8 Å². The van der Waals surface area contributed by atoms with Gasteiger partial charge in [-0.15, -0.1) is 0 Å². The first-order valence-electron chi connectivity index (χ1n) is 8.56. The van der Waals surface area contributed by atoms with Crippen molar-refractivity contribution < 1.29 is 37.0 Å². The fraction of sp³-hybridized carbons (Fsp3) is 0.200. The van der Waals surface area contributed by atoms with E-state index >= 15 is 0 Å². The van der Waals surface area contributed by atoms with Gasteiger partial charge in [0.2, 0.25) is 5.75 Å². The van der Waals surface area contributed by atoms with Gasteiger partial charge in [-0.2, -0.15) is 0 Å². The maximum absolute atomic E-state index is 14.2. The lowest BCUT2D eigenvalue weighted by atomic mass is 10.1. The van der Waals surface area contributed by atoms with Gasteiger partial charge < -0.3 is 29.2 Å². The molecule has 0 saturated heterocycles. The molecule has 3 rings (SSSR count). The fourth-order valence-electron chi connectivity index (χ4n) is 2.77. The van der Waals surface area contributed by atoms with Crippen molar-refractivity contribution in [2.45, 2.75) is 6.61 Å². The summed E-state index contributed by atoms with van der Waals surface area (Å²) in [5, 5.41) is 3.95. The highest BCUT2D eigenvalue weighted by Crippen LogP contribution is 2.41. The molecule has 1 amide bonds. The third kappa shape index (κ3) is 3.97. The van der Waals surface area contributed by atoms with Crippen molar-refractivity contribution >= 4 is 5.91 Å². The first kappa shape index (κ1) is 20.9. The molecule has 0 fully saturated rings. The zero-order chi connectivity index (χ0) is 21.8. The lowest BCUT2D eigenvalue weighted by Gasteiger charge is -2.13. The lowest BCUT2D eigenvalue weighted by Crippen LogP contribution is -2.16. The number of aromatic nitrogens is 1. The highest BCUT2D eigenvalue weighted by molar-refractivity contribution is 5.93. The third-order valence-corrected chi connectivity index (χ3v) is 4.19. The summed E-state index contributed by atoms with van der Waals surface area (Å²) >= 11 is 0. The standard InChI is InChI=1S/C20H18F2N2O6/c1-26-15-6-10(7-16(27-2)19(15)28-3)13-8-11(30-24-13)9-29-14-5-4-12(21)17(18(14)22)20(23)25/h4-8H,9H2,1-3H3,(H2,23,25). The van der Waals surface area contributed by atoms with Crippen molar-refractivity contribution in [3.63, 3.8) is 0 Å². The summed E-state index contributed by atoms with van der Waals surface area (Å²) in [6.07, 6.45) is 0. The third-order valence-electron chi connectivity index (χ3n) is 4.19. The number of methoxy groups -OCH3 is 3. The van der Waals surface area contributed by atoms with Crippen LogP contribution in [0.25, 0.3) is 11.3 Å². The summed E-state index contributed by atoms with van der Waals surface area (Å²) < 4.78 is 54.2. The van der Waals surface area contributed by atoms with E-state index in [1.54, 1.807) is 18.2 Å². The van der Waals surface area contributed by atoms with E-state index in [1.807, 2.05) is 0 Å². The number of benzene rings is 2. The molecule has 1 aromatic heterocycles. The second-order valence-electron chi connectivity index (χ2n) is 5.98. The number of ether oxygens (including phenoxy) is 4. The van der Waals surface area contributed by atoms with E-state index in [9.17, 15) is 13.6 Å². The van der Waals surface area contributed by atoms with Crippen molar-refractivity contribution in [2.24, 2.45) is 5.73 Å². The molecule has 0 aliphatic rings. The highest BCUT2D eigenvalue weighted by atomic mass is 19.1. The second-order valence-corrected chi connectivity index (χ2v) is 5.98. The van der Waals surface area contributed by atoms with Gasteiger partial charge in [-0.3, -0.25) is 4.79 Å². The Hall–Kier alpha value is -3.82. The van der Waals surface area contributed by atoms with Gasteiger partial charge in [0.25, 0.3) is 5.91 Å². The molecule has 0 saturated carbocycles. The molecule has 0 bridgehead atoms. The molecule has 2 aromatic carbocycles. The molecule has 2 N–H and O–H groups in total. The van der Waals surface area contributed by atoms with Gasteiger partial charge in [0.05, 0.1) is 21.3 Å². The smallest absolute Gasteiger partial charge is 0.254 e. The van der Waals surface area contributed by atoms with Crippen LogP contribution in [0.3, 0.4) is 0 Å². The molecule has 0 aliphatic heterocycles. The molecular formula is C20H18F2N2O6. The molecule has 1 heterocycles. The number of rotatable bonds is 8. The molecule has 8 nitrogen and oxygen atoms in total. The summed E-state index contributed by atoms with van der Waals surface area (Å²) in [4.78, 5) is 11.2. The average Bonchev–Trinajstić information content (AvgIpc) is 3.20. The van der Waals surface area contributed by atoms with Crippen LogP contribution in [-0.2, 0) is 6.61 Å². The monoisotopic (exact) mass is 420 g/mol. The van der Waals surface area contributed by atoms with Crippen molar-refractivity contribution in [3.05, 3.63) is 53.3 Å². The van der Waals surface area contributed by atoms with Gasteiger partial charge >= 0.3 is 0 Å². The van der Waals surface area contributed by atoms with Gasteiger partial charge in [0, 0.05) is 11.6 Å². The summed E-state index contributed by atoms with van der Waals surface area (Å²) in [5.74, 6) is -2.31. The van der Waals surface area contributed by atoms with Crippen LogP contribution in [0.5, 0.6) is 23.0 Å². The zero-order valence-corrected chi connectivity index (χ0v) is 16.3. The lowest BCUT2D eigenvalue weighted by molar-refractivity contribution is 0.0991. The summed E-state index contributed by atoms with van der Waals surface area (Å²) in [5.41, 5.74) is 5.17. The van der Waals surface area contributed by atoms with Gasteiger partial charge in [0.1, 0.15) is 23.7 Å². The summed E-state index contributed by atoms with van der Waals surface area (Å²) in [6, 6.07) is 6.87. The number of nitrogens with two attached hydrogens (primary N) is 1. The number of amides is 1. The predicted molar refractivity (Wildman–Crippen MR) is 101 cm³/mol. The molecule has 3 aromatic rings. The first-order chi connectivity index (χ1) is 14.4. The SMILES string of the molecule is COc1cc(-c2cc(COc3ccc(F)c(C(N)=O)c3F)on2)cc(OC)c1OC. The maximum atomic E-state index is 14.2. The normalized spacial score (nSPS) is 10.6. The van der Waals surface area contributed by atoms with E-state index < -0.39 is 23.1 Å². The van der Waals surface area contributed by atoms with Crippen LogP contribution in [0.4, 0.5) is 8.78 Å². The van der Waals surface area contributed by atoms with E-state index in [1.165, 1.54) is 21.3 Å². The van der Waals surface area contributed by atoms with E-state index in [4.69, 9.17) is 29.2 Å². The van der Waals surface area contributed by atoms with Crippen molar-refractivity contribution in [1.29, 1.82) is 0 Å². The Morgan fingerprint density at radius 3 is 2.27 bits per heavy atom. The van der Waals surface area contributed by atoms with E-state index in [2.05, 4.69) is 5.16 Å². The van der Waals surface area contributed by atoms with Crippen LogP contribution in [0.15, 0.2) is 34.9 Å². The molecule has 0 unspecified atom stereocenters. The average molecular weight is 420 g/mol. The van der Waals surface area contributed by atoms with E-state index in [0.29, 0.717) is 28.5 Å². The Morgan fingerprint density at radius 1 is 1.03 bits per heavy atom. The zero-order valence-electron chi connectivity index (χ0n) is 16.3. The first-order valence-corrected chi connectivity index (χ1v) is 8.56. The van der Waals surface area contributed by atoms with Crippen LogP contribution in [0, 0.1) is 11.6 Å². The fourth-order valence-corrected chi connectivity index (χ4v) is 2.77. The van der Waals surface area contributed by atoms with Gasteiger partial charge in [-0.05, 0) is 24.3 Å². The minimum absolute atomic E-state index is 0.224. The Morgan fingerprint density at radius 2 is 1.70 bits per heavy atom. The number of hydrogen-bond acceptors (Lipinski definition) is 7. The summed E-state index contributed by atoms with van der Waals surface area (Å²) in [7, 11) is 4.46. The number of hydrogen-bond donors (Lipinski definition) is 1. The van der Waals surface area contributed by atoms with Crippen LogP contribution < -0.4 is 24.7 Å². The molecule has 0 atom stereocenters. The maximum Gasteiger partial charge on any atom is 0.254 e. The second kappa shape index (κ2) is 8.68. The van der Waals surface area contributed by atoms with Crippen LogP contribution >= 0.6 is 0 Å². The van der Waals surface area contributed by atoms with Crippen molar-refractivity contribution in [3.8, 4) is 34.3 Å². The predicted octanol–water partition coefficient (Wildman–Crippen LogP) is 3.32. The molecule has 30 heavy (non-hydrogen) atoms. The van der Waals surface area contributed by atoms with E-state index in [0.717, 1.165) is 12.1 Å². The molecular weight excluding hydrogens is 402 g/mol. The van der Waals surface area contributed by atoms with Crippen molar-refractivity contribution in [2.75, 3.05) is 21.3 Å². The minimum atomic E-state index is -1.24. The topological polar surface area (TPSA) is 106 Å². The Kier molecular flexibility index (Phi) is 6.05. The molecule has 158 valence electrons. The number of halogens is 2.